The first kappa shape index (κ1) is 136. The smallest absolute Gasteiger partial charge is 0.408 e. The van der Waals surface area contributed by atoms with Gasteiger partial charge >= 0.3 is 76.4 Å². The van der Waals surface area contributed by atoms with E-state index in [0.717, 1.165) is 43.1 Å². The van der Waals surface area contributed by atoms with Gasteiger partial charge in [-0.3, -0.25) is 62.3 Å². The second-order valence-corrected chi connectivity index (χ2v) is 35.5. The van der Waals surface area contributed by atoms with Gasteiger partial charge in [0.1, 0.15) is 80.7 Å². The maximum absolute atomic E-state index is 12.7. The first-order chi connectivity index (χ1) is 71.4. The van der Waals surface area contributed by atoms with Gasteiger partial charge in [0.05, 0.1) is 36.6 Å². The number of carbonyl (C=O) groups is 19. The normalized spacial score (nSPS) is 15.5. The van der Waals surface area contributed by atoms with Crippen LogP contribution in [-0.4, -0.2) is 356 Å². The number of hydrogen-bond donors (Lipinski definition) is 30. The molecule has 0 bridgehead atoms. The fraction of sp³-hybridized carbons (Fsp3) is 0.593. The monoisotopic (exact) mass is 2180 g/mol. The lowest BCUT2D eigenvalue weighted by Gasteiger charge is -2.22. The quantitative estimate of drug-likeness (QED) is 0.00884. The molecule has 0 radical (unpaired) electrons. The number of thioether (sulfide) groups is 1. The maximum atomic E-state index is 12.7. The molecule has 7 rings (SSSR count). The average Bonchev–Trinajstić information content (AvgIpc) is 1.66. The Bertz CT molecular complexity index is 4520. The number of rotatable bonds is 56. The zero-order valence-corrected chi connectivity index (χ0v) is 88.5. The third-order valence-electron chi connectivity index (χ3n) is 20.9. The molecule has 0 aromatic heterocycles. The summed E-state index contributed by atoms with van der Waals surface area (Å²) in [6, 6.07) is 17.1. The molecule has 3 aromatic rings. The highest BCUT2D eigenvalue weighted by Crippen LogP contribution is 2.32. The third kappa shape index (κ3) is 65.6. The van der Waals surface area contributed by atoms with Crippen molar-refractivity contribution in [3.63, 3.8) is 0 Å². The topological polar surface area (TPSA) is 773 Å². The van der Waals surface area contributed by atoms with Gasteiger partial charge in [-0.2, -0.15) is 37.0 Å². The van der Waals surface area contributed by atoms with Gasteiger partial charge in [-0.15, -0.1) is 0 Å². The highest BCUT2D eigenvalue weighted by atomic mass is 32.2. The molecule has 52 nitrogen and oxygen atoms in total. The van der Waals surface area contributed by atoms with E-state index in [2.05, 4.69) is 126 Å². The molecule has 150 heavy (non-hydrogen) atoms. The molecule has 836 valence electrons. The largest absolute Gasteiger partial charge is 0.481 e. The van der Waals surface area contributed by atoms with E-state index in [4.69, 9.17) is 49.1 Å². The zero-order chi connectivity index (χ0) is 112. The number of ether oxygens (including phenoxy) is 5. The van der Waals surface area contributed by atoms with Crippen LogP contribution >= 0.6 is 37.0 Å². The SMILES string of the molecule is C1CCOCC1.C1CCOCC1.CB(O)NCCCCC(NC(=O)OCc1ccccc1)C(=O)O.CCC(NC(=O)C(CNB(C)O)NC(=O)OCc1ccccc1)C(=O)O.CCNC(=O)C(CC)NC(=O)C(CNB(C)O)NC(=O)CS.CCNC(=O)C(CC)NC(=O)C(CNB(C)O)NC(=O)OCc1ccccc1.O=C(O)CNC(=O)C(CC(=O)O)NC(=O)C(CNC(=O)CNC(=O)CC1SCC2NC(=O)NC21)NC(=O)CS. The molecule has 0 saturated carbocycles. The first-order valence-electron chi connectivity index (χ1n) is 49.1. The van der Waals surface area contributed by atoms with E-state index in [1.165, 1.54) is 70.8 Å². The second kappa shape index (κ2) is 81.5. The summed E-state index contributed by atoms with van der Waals surface area (Å²) in [6.07, 6.45) is 7.30. The lowest BCUT2D eigenvalue weighted by molar-refractivity contribution is -0.142. The average molecular weight is 2180 g/mol. The summed E-state index contributed by atoms with van der Waals surface area (Å²) in [5.74, 6) is -11.6. The van der Waals surface area contributed by atoms with Crippen LogP contribution in [0, 0.1) is 0 Å². The van der Waals surface area contributed by atoms with Gasteiger partial charge in [0.2, 0.25) is 65.0 Å². The van der Waals surface area contributed by atoms with Crippen LogP contribution in [0.5, 0.6) is 0 Å². The van der Waals surface area contributed by atoms with Crippen molar-refractivity contribution >= 4 is 178 Å². The van der Waals surface area contributed by atoms with Crippen LogP contribution in [0.3, 0.4) is 0 Å². The molecule has 59 heteroatoms. The lowest BCUT2D eigenvalue weighted by Crippen LogP contribution is -2.58. The van der Waals surface area contributed by atoms with E-state index < -0.39 is 204 Å². The Kier molecular flexibility index (Phi) is 73.8. The van der Waals surface area contributed by atoms with Crippen LogP contribution in [0.15, 0.2) is 91.0 Å². The lowest BCUT2D eigenvalue weighted by atomic mass is 9.88. The number of nitrogens with one attached hydrogen (secondary N) is 20. The summed E-state index contributed by atoms with van der Waals surface area (Å²) in [5.41, 5.74) is 2.42. The maximum Gasteiger partial charge on any atom is 0.408 e. The van der Waals surface area contributed by atoms with Gasteiger partial charge in [0, 0.05) is 83.1 Å². The minimum absolute atomic E-state index is 0.0254. The molecule has 4 aliphatic heterocycles. The predicted molar refractivity (Wildman–Crippen MR) is 563 cm³/mol. The van der Waals surface area contributed by atoms with Crippen molar-refractivity contribution in [1.82, 2.24) is 106 Å². The van der Waals surface area contributed by atoms with Crippen LogP contribution in [-0.2, 0) is 115 Å². The minimum Gasteiger partial charge on any atom is -0.481 e. The molecule has 16 amide bonds. The minimum atomic E-state index is -1.67. The Hall–Kier alpha value is -12.3. The summed E-state index contributed by atoms with van der Waals surface area (Å²) < 4.78 is 25.3. The Morgan fingerprint density at radius 3 is 1.10 bits per heavy atom. The first-order valence-corrected chi connectivity index (χ1v) is 51.4. The molecule has 4 fully saturated rings. The number of carboxylic acid groups (broad SMARTS) is 4. The second-order valence-electron chi connectivity index (χ2n) is 33.6. The molecule has 4 aliphatic rings. The van der Waals surface area contributed by atoms with E-state index in [1.54, 1.807) is 65.7 Å². The van der Waals surface area contributed by atoms with Crippen molar-refractivity contribution in [3.8, 4) is 0 Å². The third-order valence-corrected chi connectivity index (χ3v) is 22.9. The number of carboxylic acids is 4. The molecule has 0 spiro atoms. The molecule has 3 aromatic carbocycles. The molecule has 4 heterocycles. The number of urea groups is 1. The van der Waals surface area contributed by atoms with Crippen LogP contribution in [0.1, 0.15) is 141 Å². The highest BCUT2D eigenvalue weighted by Gasteiger charge is 2.44. The summed E-state index contributed by atoms with van der Waals surface area (Å²) in [6.45, 7) is 18.6. The molecule has 0 aliphatic carbocycles. The highest BCUT2D eigenvalue weighted by molar-refractivity contribution is 8.00. The standard InChI is InChI=1S/C20H29N7O10S2.C18H29BN4O5.C16H24BN3O6.C15H23BN2O5.C12H25BN4O4S.2C5H10O/c28-12(2-11-17-10(7-39-11)26-20(37)27-17)22-4-13(29)21-3-9(24-14(30)6-38)19(36)25-8(1-15(31)32)18(35)23-5-16(33)34;1-4-14(16(24)20-5-2)22-17(25)15(11-21-19(3)27)23-18(26)28-12-13-9-7-6-8-10-13;1-3-12(15(22)23)19-14(21)13(9-18-17(2)25)20-16(24)26-10-11-7-5-4-6-8-11;1-16(22)17-10-6-5-9-13(14(19)20)18-15(21)23-11-12-7-3-2-4-8-12;1-4-8(11(19)14-5-2)17-12(20)9(6-15-13(3)21)16-10(18)7-22;2*1-2-4-6-5-3-1/h8-11,17,38H,1-7H2,(H,21,29)(H,22,28)(H,23,35)(H,24,30)(H,25,36)(H,31,32)(H,33,34)(H2,26,27,37);6-10,14-15,21,27H,4-5,11-12H2,1-3H3,(H,20,24)(H,22,25)(H,23,26);4-8,12-13,18,25H,3,9-10H2,1-2H3,(H,19,21)(H,20,24)(H,22,23);2-4,7-8,13,17,22H,5-6,9-11H2,1H3,(H,18,21)(H,19,20);8-9,15,21-22H,4-7H2,1-3H3,(H,14,19)(H,16,18)(H,17,20);2*1-5H2. The predicted octanol–water partition coefficient (Wildman–Crippen LogP) is -2.94. The van der Waals surface area contributed by atoms with Crippen LogP contribution in [0.4, 0.5) is 19.2 Å². The number of thiol groups is 2. The number of hydrogen-bond acceptors (Lipinski definition) is 35. The van der Waals surface area contributed by atoms with Gasteiger partial charge in [-0.05, 0) is 141 Å². The summed E-state index contributed by atoms with van der Waals surface area (Å²) in [5, 5.41) is 123. The number of amides is 16. The molecular formula is C91H150B4N20O32S3. The number of benzene rings is 3. The number of alkyl carbamates (subject to hydrolysis) is 3. The van der Waals surface area contributed by atoms with Crippen molar-refractivity contribution < 1.29 is 155 Å². The van der Waals surface area contributed by atoms with E-state index in [-0.39, 0.29) is 99.0 Å². The molecule has 12 atom stereocenters. The Balaban J connectivity index is 0.000000921. The van der Waals surface area contributed by atoms with Gasteiger partial charge < -0.3 is 170 Å². The van der Waals surface area contributed by atoms with Crippen LogP contribution in [0.25, 0.3) is 0 Å². The van der Waals surface area contributed by atoms with Crippen molar-refractivity contribution in [3.05, 3.63) is 108 Å². The van der Waals surface area contributed by atoms with Crippen molar-refractivity contribution in [2.75, 3.05) is 103 Å². The summed E-state index contributed by atoms with van der Waals surface area (Å²) in [4.78, 5) is 225. The van der Waals surface area contributed by atoms with E-state index >= 15 is 0 Å². The zero-order valence-electron chi connectivity index (χ0n) is 85.9. The molecular weight excluding hydrogens is 2020 g/mol. The fourth-order valence-corrected chi connectivity index (χ4v) is 14.7. The van der Waals surface area contributed by atoms with Crippen molar-refractivity contribution in [1.29, 1.82) is 0 Å². The summed E-state index contributed by atoms with van der Waals surface area (Å²) >= 11 is 9.14. The van der Waals surface area contributed by atoms with Gasteiger partial charge in [0.25, 0.3) is 0 Å². The Labute approximate surface area is 888 Å². The van der Waals surface area contributed by atoms with Gasteiger partial charge in [0.15, 0.2) is 0 Å². The van der Waals surface area contributed by atoms with E-state index in [9.17, 15) is 106 Å². The van der Waals surface area contributed by atoms with Crippen molar-refractivity contribution in [2.45, 2.75) is 243 Å². The number of carbonyl (C=O) groups excluding carboxylic acids is 15. The van der Waals surface area contributed by atoms with E-state index in [0.29, 0.717) is 57.5 Å². The Morgan fingerprint density at radius 2 is 0.760 bits per heavy atom. The fourth-order valence-electron chi connectivity index (χ4n) is 13.0. The molecule has 4 saturated heterocycles. The van der Waals surface area contributed by atoms with Crippen molar-refractivity contribution in [2.24, 2.45) is 0 Å². The number of aliphatic carboxylic acids is 4. The summed E-state index contributed by atoms with van der Waals surface area (Å²) in [7, 11) is -3.19. The number of unbranched alkanes of at least 4 members (excludes halogenated alkanes) is 1. The van der Waals surface area contributed by atoms with Gasteiger partial charge in [-0.25, -0.2) is 28.8 Å². The molecule has 28 N–H and O–H groups in total. The Morgan fingerprint density at radius 1 is 0.393 bits per heavy atom. The number of likely N-dealkylation sites (N-methyl/N-ethyl adjacent to an activating group) is 2. The van der Waals surface area contributed by atoms with Crippen LogP contribution in [0.2, 0.25) is 27.3 Å². The molecule has 12 unspecified atom stereocenters. The van der Waals surface area contributed by atoms with Crippen LogP contribution < -0.4 is 106 Å². The van der Waals surface area contributed by atoms with Gasteiger partial charge in [-0.1, -0.05) is 112 Å². The number of fused-ring (bicyclic) bond motifs is 1. The van der Waals surface area contributed by atoms with E-state index in [1.807, 2.05) is 72.0 Å².